The van der Waals surface area contributed by atoms with Crippen molar-refractivity contribution in [1.82, 2.24) is 40.4 Å². The van der Waals surface area contributed by atoms with E-state index in [1.54, 1.807) is 22.9 Å². The molecular formula is C46H54N8O6S. The minimum atomic E-state index is -0.753. The number of aromatic amines is 2. The number of thioether (sulfide) groups is 1. The van der Waals surface area contributed by atoms with E-state index in [4.69, 9.17) is 19.4 Å². The van der Waals surface area contributed by atoms with E-state index in [2.05, 4.69) is 81.3 Å². The lowest BCUT2D eigenvalue weighted by molar-refractivity contribution is -0.136. The molecule has 3 aromatic carbocycles. The van der Waals surface area contributed by atoms with Crippen molar-refractivity contribution in [3.05, 3.63) is 84.7 Å². The number of methoxy groups -OCH3 is 2. The van der Waals surface area contributed by atoms with Crippen LogP contribution in [0.25, 0.3) is 44.4 Å². The number of H-pyrrole nitrogens is 2. The molecule has 0 radical (unpaired) electrons. The number of hydrogen-bond donors (Lipinski definition) is 4. The molecule has 0 bridgehead atoms. The number of nitrogens with one attached hydrogen (secondary N) is 4. The third-order valence-electron chi connectivity index (χ3n) is 12.3. The van der Waals surface area contributed by atoms with Gasteiger partial charge in [-0.15, -0.1) is 11.8 Å². The fraction of sp³-hybridized carbons (Fsp3) is 0.435. The molecular weight excluding hydrogens is 793 g/mol. The van der Waals surface area contributed by atoms with Gasteiger partial charge in [-0.2, -0.15) is 0 Å². The molecule has 1 aliphatic carbocycles. The molecule has 2 saturated heterocycles. The Kier molecular flexibility index (Phi) is 11.4. The van der Waals surface area contributed by atoms with Gasteiger partial charge in [-0.05, 0) is 75.6 Å². The van der Waals surface area contributed by atoms with Crippen LogP contribution in [0.1, 0.15) is 76.9 Å². The molecule has 2 aromatic heterocycles. The van der Waals surface area contributed by atoms with Crippen molar-refractivity contribution >= 4 is 46.5 Å². The minimum Gasteiger partial charge on any atom is -0.453 e. The predicted octanol–water partition coefficient (Wildman–Crippen LogP) is 8.07. The van der Waals surface area contributed by atoms with Gasteiger partial charge in [-0.3, -0.25) is 9.59 Å². The van der Waals surface area contributed by atoms with E-state index in [1.807, 2.05) is 45.7 Å². The number of likely N-dealkylation sites (tertiary alicyclic amines) is 1. The van der Waals surface area contributed by atoms with E-state index in [0.717, 1.165) is 75.3 Å². The summed E-state index contributed by atoms with van der Waals surface area (Å²) in [6.07, 6.45) is 5.41. The largest absolute Gasteiger partial charge is 0.453 e. The van der Waals surface area contributed by atoms with Gasteiger partial charge in [0.05, 0.1) is 44.0 Å². The molecule has 14 nitrogen and oxygen atoms in total. The van der Waals surface area contributed by atoms with E-state index in [9.17, 15) is 19.2 Å². The Balaban J connectivity index is 0.953. The quantitative estimate of drug-likeness (QED) is 0.108. The van der Waals surface area contributed by atoms with Crippen LogP contribution in [0.5, 0.6) is 0 Å². The maximum Gasteiger partial charge on any atom is 0.407 e. The molecule has 4 N–H and O–H groups in total. The van der Waals surface area contributed by atoms with Gasteiger partial charge >= 0.3 is 12.2 Å². The molecule has 0 unspecified atom stereocenters. The highest BCUT2D eigenvalue weighted by atomic mass is 32.2. The number of ether oxygens (including phenoxy) is 2. The summed E-state index contributed by atoms with van der Waals surface area (Å²) < 4.78 is 9.63. The van der Waals surface area contributed by atoms with E-state index in [-0.39, 0.29) is 34.6 Å². The van der Waals surface area contributed by atoms with E-state index in [0.29, 0.717) is 18.9 Å². The summed E-state index contributed by atoms with van der Waals surface area (Å²) in [5.41, 5.74) is 5.47. The van der Waals surface area contributed by atoms with Crippen LogP contribution in [0.2, 0.25) is 0 Å². The van der Waals surface area contributed by atoms with Crippen LogP contribution in [0.4, 0.5) is 9.59 Å². The van der Waals surface area contributed by atoms with Crippen LogP contribution in [0.3, 0.4) is 0 Å². The van der Waals surface area contributed by atoms with Crippen molar-refractivity contribution in [2.45, 2.75) is 77.4 Å². The van der Waals surface area contributed by atoms with Gasteiger partial charge < -0.3 is 39.9 Å². The SMILES string of the molecule is COC(=O)N[C@H](C(=O)N1CC2(CC2)C[C@H]1c1ncc(-c2ccc3cc(-c4ccc(-c5cnc([C@@H]6SCCN6C(=O)[C@@H](NC(=O)OC)C(C)(C)C)[nH]5)cc4)ccc3c2)[nH]1)C(C)C. The lowest BCUT2D eigenvalue weighted by Gasteiger charge is -2.34. The fourth-order valence-electron chi connectivity index (χ4n) is 8.56. The van der Waals surface area contributed by atoms with Crippen LogP contribution in [0.15, 0.2) is 73.1 Å². The van der Waals surface area contributed by atoms with Gasteiger partial charge in [0, 0.05) is 24.4 Å². The van der Waals surface area contributed by atoms with Gasteiger partial charge in [0.25, 0.3) is 0 Å². The first-order chi connectivity index (χ1) is 29.2. The number of benzene rings is 3. The fourth-order valence-corrected chi connectivity index (χ4v) is 9.75. The molecule has 8 rings (SSSR count). The number of carbonyl (C=O) groups excluding carboxylic acids is 4. The number of alkyl carbamates (subject to hydrolysis) is 2. The number of rotatable bonds is 10. The third-order valence-corrected chi connectivity index (χ3v) is 13.5. The lowest BCUT2D eigenvalue weighted by atomic mass is 9.86. The second kappa shape index (κ2) is 16.6. The normalized spacial score (nSPS) is 19.3. The average Bonchev–Trinajstić information content (AvgIpc) is 3.79. The molecule has 2 aliphatic heterocycles. The van der Waals surface area contributed by atoms with Crippen LogP contribution in [-0.4, -0.2) is 98.9 Å². The van der Waals surface area contributed by atoms with Crippen molar-refractivity contribution in [2.24, 2.45) is 16.7 Å². The summed E-state index contributed by atoms with van der Waals surface area (Å²) in [6.45, 7) is 10.8. The zero-order valence-electron chi connectivity index (χ0n) is 35.7. The monoisotopic (exact) mass is 846 g/mol. The topological polar surface area (TPSA) is 175 Å². The molecule has 1 spiro atoms. The van der Waals surface area contributed by atoms with Crippen molar-refractivity contribution in [3.8, 4) is 33.6 Å². The van der Waals surface area contributed by atoms with Gasteiger partial charge in [0.1, 0.15) is 29.1 Å². The van der Waals surface area contributed by atoms with Crippen LogP contribution < -0.4 is 10.6 Å². The summed E-state index contributed by atoms with van der Waals surface area (Å²) in [5, 5.41) is 7.38. The Labute approximate surface area is 359 Å². The first kappa shape index (κ1) is 41.9. The second-order valence-corrected chi connectivity index (χ2v) is 19.1. The molecule has 3 aliphatic rings. The van der Waals surface area contributed by atoms with Crippen LogP contribution >= 0.6 is 11.8 Å². The maximum absolute atomic E-state index is 13.9. The van der Waals surface area contributed by atoms with E-state index < -0.39 is 29.7 Å². The maximum atomic E-state index is 13.9. The summed E-state index contributed by atoms with van der Waals surface area (Å²) in [6, 6.07) is 19.5. The van der Waals surface area contributed by atoms with Crippen molar-refractivity contribution < 1.29 is 28.7 Å². The summed E-state index contributed by atoms with van der Waals surface area (Å²) >= 11 is 1.64. The first-order valence-corrected chi connectivity index (χ1v) is 21.9. The van der Waals surface area contributed by atoms with Crippen molar-refractivity contribution in [1.29, 1.82) is 0 Å². The summed E-state index contributed by atoms with van der Waals surface area (Å²) in [4.78, 5) is 72.1. The van der Waals surface area contributed by atoms with Gasteiger partial charge in [0.15, 0.2) is 0 Å². The predicted molar refractivity (Wildman–Crippen MR) is 235 cm³/mol. The number of amides is 4. The highest BCUT2D eigenvalue weighted by molar-refractivity contribution is 7.99. The Morgan fingerprint density at radius 2 is 1.34 bits per heavy atom. The number of fused-ring (bicyclic) bond motifs is 1. The number of nitrogens with zero attached hydrogens (tertiary/aromatic N) is 4. The first-order valence-electron chi connectivity index (χ1n) is 20.8. The van der Waals surface area contributed by atoms with Crippen molar-refractivity contribution in [2.75, 3.05) is 33.1 Å². The van der Waals surface area contributed by atoms with Gasteiger partial charge in [-0.25, -0.2) is 19.6 Å². The van der Waals surface area contributed by atoms with E-state index in [1.165, 1.54) is 14.2 Å². The average molecular weight is 847 g/mol. The Morgan fingerprint density at radius 3 is 1.98 bits per heavy atom. The van der Waals surface area contributed by atoms with Gasteiger partial charge in [-0.1, -0.05) is 83.1 Å². The van der Waals surface area contributed by atoms with Crippen LogP contribution in [0, 0.1) is 16.7 Å². The Hall–Kier alpha value is -5.83. The number of carbonyl (C=O) groups is 4. The van der Waals surface area contributed by atoms with Crippen molar-refractivity contribution in [3.63, 3.8) is 0 Å². The highest BCUT2D eigenvalue weighted by Gasteiger charge is 2.55. The number of aromatic nitrogens is 4. The summed E-state index contributed by atoms with van der Waals surface area (Å²) in [7, 11) is 2.60. The second-order valence-electron chi connectivity index (χ2n) is 18.0. The standard InChI is InChI=1S/C46H54N8O6S/c1-26(2)36(51-43(57)59-6)40(55)54-25-46(16-17-46)22-35(54)38-47-24-34(49-38)32-15-14-30-20-29(12-13-31(30)21-32)27-8-10-28(11-9-27)33-23-48-39(50-33)42-53(18-19-61-42)41(56)37(45(3,4)5)52-44(58)60-7/h8-15,20-21,23-24,26,35-37,42H,16-19,22,25H2,1-7H3,(H,47,49)(H,48,50)(H,51,57)(H,52,58)/t35-,36-,37+,42-/m0/s1. The van der Waals surface area contributed by atoms with Gasteiger partial charge in [0.2, 0.25) is 11.8 Å². The number of hydrogen-bond acceptors (Lipinski definition) is 9. The zero-order chi connectivity index (χ0) is 43.2. The lowest BCUT2D eigenvalue weighted by Crippen LogP contribution is -2.54. The molecule has 5 aromatic rings. The van der Waals surface area contributed by atoms with Crippen LogP contribution in [-0.2, 0) is 19.1 Å². The minimum absolute atomic E-state index is 0.106. The Bertz CT molecular complexity index is 2450. The highest BCUT2D eigenvalue weighted by Crippen LogP contribution is 2.58. The zero-order valence-corrected chi connectivity index (χ0v) is 36.5. The summed E-state index contributed by atoms with van der Waals surface area (Å²) in [5.74, 6) is 1.82. The molecule has 3 fully saturated rings. The van der Waals surface area contributed by atoms with E-state index >= 15 is 0 Å². The Morgan fingerprint density at radius 1 is 0.770 bits per heavy atom. The molecule has 320 valence electrons. The molecule has 1 saturated carbocycles. The third kappa shape index (κ3) is 8.57. The smallest absolute Gasteiger partial charge is 0.407 e. The molecule has 4 atom stereocenters. The molecule has 61 heavy (non-hydrogen) atoms. The molecule has 4 heterocycles. The number of imidazole rings is 2. The molecule has 4 amide bonds. The molecule has 15 heteroatoms.